The molecule has 2 heterocycles. The average Bonchev–Trinajstić information content (AvgIpc) is 2.72. The predicted molar refractivity (Wildman–Crippen MR) is 67.5 cm³/mol. The molecule has 3 nitrogen and oxygen atoms in total. The molecule has 1 unspecified atom stereocenters. The maximum absolute atomic E-state index is 10.9. The molecule has 0 spiro atoms. The van der Waals surface area contributed by atoms with E-state index < -0.39 is 0 Å². The lowest BCUT2D eigenvalue weighted by Crippen LogP contribution is -2.37. The van der Waals surface area contributed by atoms with Gasteiger partial charge in [0, 0.05) is 12.6 Å². The summed E-state index contributed by atoms with van der Waals surface area (Å²) in [5.74, 6) is 0. The number of piperidine rings is 1. The van der Waals surface area contributed by atoms with Gasteiger partial charge in [0.05, 0.1) is 10.6 Å². The van der Waals surface area contributed by atoms with Crippen molar-refractivity contribution in [1.82, 2.24) is 4.98 Å². The molecule has 0 N–H and O–H groups in total. The summed E-state index contributed by atoms with van der Waals surface area (Å²) >= 11 is 1.54. The van der Waals surface area contributed by atoms with Crippen LogP contribution in [0, 0.1) is 0 Å². The van der Waals surface area contributed by atoms with Gasteiger partial charge in [0.25, 0.3) is 0 Å². The lowest BCUT2D eigenvalue weighted by Gasteiger charge is -2.33. The van der Waals surface area contributed by atoms with E-state index in [2.05, 4.69) is 16.8 Å². The standard InChI is InChI=1S/C12H18N2OS/c1-3-10-11(8-15)16-12(13-10)14-7-5-4-6-9(14)2/h8-9H,3-7H2,1-2H3. The topological polar surface area (TPSA) is 33.2 Å². The molecule has 1 saturated heterocycles. The van der Waals surface area contributed by atoms with Crippen LogP contribution in [0.2, 0.25) is 0 Å². The van der Waals surface area contributed by atoms with E-state index in [0.29, 0.717) is 6.04 Å². The van der Waals surface area contributed by atoms with Gasteiger partial charge in [-0.2, -0.15) is 0 Å². The summed E-state index contributed by atoms with van der Waals surface area (Å²) in [7, 11) is 0. The average molecular weight is 238 g/mol. The first-order valence-electron chi connectivity index (χ1n) is 5.97. The molecule has 1 aliphatic rings. The summed E-state index contributed by atoms with van der Waals surface area (Å²) < 4.78 is 0. The first-order valence-corrected chi connectivity index (χ1v) is 6.79. The van der Waals surface area contributed by atoms with Crippen LogP contribution in [0.25, 0.3) is 0 Å². The number of hydrogen-bond donors (Lipinski definition) is 0. The molecular formula is C12H18N2OS. The molecule has 0 amide bonds. The lowest BCUT2D eigenvalue weighted by atomic mass is 10.1. The maximum atomic E-state index is 10.9. The molecule has 0 bridgehead atoms. The van der Waals surface area contributed by atoms with Gasteiger partial charge in [0.2, 0.25) is 0 Å². The van der Waals surface area contributed by atoms with Crippen molar-refractivity contribution in [1.29, 1.82) is 0 Å². The number of anilines is 1. The van der Waals surface area contributed by atoms with Crippen molar-refractivity contribution in [3.8, 4) is 0 Å². The van der Waals surface area contributed by atoms with Gasteiger partial charge in [-0.15, -0.1) is 0 Å². The Morgan fingerprint density at radius 3 is 2.94 bits per heavy atom. The zero-order chi connectivity index (χ0) is 11.5. The van der Waals surface area contributed by atoms with Gasteiger partial charge >= 0.3 is 0 Å². The molecular weight excluding hydrogens is 220 g/mol. The number of nitrogens with zero attached hydrogens (tertiary/aromatic N) is 2. The molecule has 1 fully saturated rings. The number of aryl methyl sites for hydroxylation is 1. The van der Waals surface area contributed by atoms with Gasteiger partial charge in [-0.1, -0.05) is 18.3 Å². The van der Waals surface area contributed by atoms with Crippen LogP contribution in [0.15, 0.2) is 0 Å². The number of carbonyl (C=O) groups excluding carboxylic acids is 1. The van der Waals surface area contributed by atoms with Crippen LogP contribution in [0.3, 0.4) is 0 Å². The maximum Gasteiger partial charge on any atom is 0.186 e. The van der Waals surface area contributed by atoms with Gasteiger partial charge in [-0.3, -0.25) is 4.79 Å². The minimum atomic E-state index is 0.559. The predicted octanol–water partition coefficient (Wildman–Crippen LogP) is 2.90. The molecule has 1 aromatic heterocycles. The molecule has 1 aromatic rings. The van der Waals surface area contributed by atoms with Crippen molar-refractivity contribution >= 4 is 22.8 Å². The fourth-order valence-electron chi connectivity index (χ4n) is 2.20. The molecule has 0 aliphatic carbocycles. The Morgan fingerprint density at radius 2 is 2.38 bits per heavy atom. The Kier molecular flexibility index (Phi) is 3.59. The molecule has 0 radical (unpaired) electrons. The molecule has 0 saturated carbocycles. The normalized spacial score (nSPS) is 21.1. The summed E-state index contributed by atoms with van der Waals surface area (Å²) in [6.45, 7) is 5.37. The number of rotatable bonds is 3. The van der Waals surface area contributed by atoms with Crippen LogP contribution in [-0.4, -0.2) is 23.9 Å². The number of hydrogen-bond acceptors (Lipinski definition) is 4. The zero-order valence-corrected chi connectivity index (χ0v) is 10.7. The van der Waals surface area contributed by atoms with Crippen molar-refractivity contribution in [3.63, 3.8) is 0 Å². The third-order valence-electron chi connectivity index (χ3n) is 3.21. The molecule has 1 atom stereocenters. The second kappa shape index (κ2) is 4.95. The molecule has 0 aromatic carbocycles. The third kappa shape index (κ3) is 2.12. The highest BCUT2D eigenvalue weighted by Crippen LogP contribution is 2.30. The minimum absolute atomic E-state index is 0.559. The summed E-state index contributed by atoms with van der Waals surface area (Å²) in [5, 5.41) is 1.03. The summed E-state index contributed by atoms with van der Waals surface area (Å²) in [5.41, 5.74) is 0.952. The Balaban J connectivity index is 2.25. The van der Waals surface area contributed by atoms with Gasteiger partial charge in [-0.05, 0) is 32.6 Å². The SMILES string of the molecule is CCc1nc(N2CCCCC2C)sc1C=O. The van der Waals surface area contributed by atoms with Crippen molar-refractivity contribution in [2.24, 2.45) is 0 Å². The van der Waals surface area contributed by atoms with E-state index in [1.165, 1.54) is 19.3 Å². The van der Waals surface area contributed by atoms with E-state index in [-0.39, 0.29) is 0 Å². The van der Waals surface area contributed by atoms with Crippen LogP contribution < -0.4 is 4.90 Å². The number of aldehydes is 1. The lowest BCUT2D eigenvalue weighted by molar-refractivity contribution is 0.112. The van der Waals surface area contributed by atoms with Crippen molar-refractivity contribution < 1.29 is 4.79 Å². The van der Waals surface area contributed by atoms with Crippen molar-refractivity contribution in [2.45, 2.75) is 45.6 Å². The highest BCUT2D eigenvalue weighted by atomic mass is 32.1. The highest BCUT2D eigenvalue weighted by molar-refractivity contribution is 7.17. The van der Waals surface area contributed by atoms with Gasteiger partial charge in [0.15, 0.2) is 11.4 Å². The van der Waals surface area contributed by atoms with E-state index in [1.54, 1.807) is 11.3 Å². The Hall–Kier alpha value is -0.900. The Morgan fingerprint density at radius 1 is 1.56 bits per heavy atom. The fourth-order valence-corrected chi connectivity index (χ4v) is 3.30. The van der Waals surface area contributed by atoms with Crippen LogP contribution in [0.5, 0.6) is 0 Å². The number of carbonyl (C=O) groups is 1. The van der Waals surface area contributed by atoms with Crippen LogP contribution in [0.4, 0.5) is 5.13 Å². The molecule has 16 heavy (non-hydrogen) atoms. The first-order chi connectivity index (χ1) is 7.76. The Bertz CT molecular complexity index is 375. The van der Waals surface area contributed by atoms with E-state index in [1.807, 2.05) is 6.92 Å². The first kappa shape index (κ1) is 11.6. The molecule has 1 aliphatic heterocycles. The third-order valence-corrected chi connectivity index (χ3v) is 4.27. The van der Waals surface area contributed by atoms with E-state index in [4.69, 9.17) is 0 Å². The fraction of sp³-hybridized carbons (Fsp3) is 0.667. The zero-order valence-electron chi connectivity index (χ0n) is 9.90. The minimum Gasteiger partial charge on any atom is -0.345 e. The molecule has 2 rings (SSSR count). The van der Waals surface area contributed by atoms with Gasteiger partial charge < -0.3 is 4.90 Å². The van der Waals surface area contributed by atoms with Crippen LogP contribution >= 0.6 is 11.3 Å². The van der Waals surface area contributed by atoms with Crippen molar-refractivity contribution in [3.05, 3.63) is 10.6 Å². The largest absolute Gasteiger partial charge is 0.345 e. The van der Waals surface area contributed by atoms with Crippen LogP contribution in [0.1, 0.15) is 48.5 Å². The molecule has 88 valence electrons. The monoisotopic (exact) mass is 238 g/mol. The van der Waals surface area contributed by atoms with Crippen LogP contribution in [-0.2, 0) is 6.42 Å². The smallest absolute Gasteiger partial charge is 0.186 e. The molecule has 4 heteroatoms. The number of aromatic nitrogens is 1. The highest BCUT2D eigenvalue weighted by Gasteiger charge is 2.22. The van der Waals surface area contributed by atoms with Gasteiger partial charge in [-0.25, -0.2) is 4.98 Å². The van der Waals surface area contributed by atoms with E-state index >= 15 is 0 Å². The Labute approximate surface area is 100 Å². The van der Waals surface area contributed by atoms with Crippen molar-refractivity contribution in [2.75, 3.05) is 11.4 Å². The van der Waals surface area contributed by atoms with E-state index in [0.717, 1.165) is 35.0 Å². The second-order valence-electron chi connectivity index (χ2n) is 4.32. The number of thiazole rings is 1. The van der Waals surface area contributed by atoms with Gasteiger partial charge in [0.1, 0.15) is 0 Å². The summed E-state index contributed by atoms with van der Waals surface area (Å²) in [6.07, 6.45) is 5.56. The quantitative estimate of drug-likeness (QED) is 0.759. The summed E-state index contributed by atoms with van der Waals surface area (Å²) in [4.78, 5) is 18.7. The second-order valence-corrected chi connectivity index (χ2v) is 5.33. The van der Waals surface area contributed by atoms with E-state index in [9.17, 15) is 4.79 Å². The summed E-state index contributed by atoms with van der Waals surface area (Å²) in [6, 6.07) is 0.559.